The standard InChI is InChI=1S/C26H23N4O4S/c31-22-11-12-23(32)30(22)34-24(33)8-4-5-15-29-16-13-19(14-17-29)21-10-9-20(18-6-2-1-3-7-18)25-26(21)28-35-27-25/h1-3,6-7,9-10,13-14,16-17H,4-5,8,11-12,15H2/q+1. The Kier molecular flexibility index (Phi) is 6.58. The molecule has 2 amide bonds. The van der Waals surface area contributed by atoms with Gasteiger partial charge in [0.05, 0.1) is 11.7 Å². The van der Waals surface area contributed by atoms with Crippen molar-refractivity contribution in [1.29, 1.82) is 0 Å². The quantitative estimate of drug-likeness (QED) is 0.211. The zero-order valence-electron chi connectivity index (χ0n) is 18.9. The smallest absolute Gasteiger partial charge is 0.330 e. The van der Waals surface area contributed by atoms with E-state index in [1.807, 2.05) is 30.6 Å². The van der Waals surface area contributed by atoms with Crippen molar-refractivity contribution in [2.75, 3.05) is 0 Å². The molecule has 1 saturated heterocycles. The first kappa shape index (κ1) is 22.8. The molecule has 176 valence electrons. The maximum atomic E-state index is 11.9. The zero-order valence-corrected chi connectivity index (χ0v) is 19.7. The van der Waals surface area contributed by atoms with Crippen LogP contribution in [0.25, 0.3) is 33.3 Å². The van der Waals surface area contributed by atoms with E-state index in [0.717, 1.165) is 46.3 Å². The van der Waals surface area contributed by atoms with Crippen molar-refractivity contribution in [1.82, 2.24) is 13.8 Å². The van der Waals surface area contributed by atoms with Gasteiger partial charge in [0, 0.05) is 48.9 Å². The third kappa shape index (κ3) is 4.95. The van der Waals surface area contributed by atoms with Crippen LogP contribution in [0, 0.1) is 0 Å². The summed E-state index contributed by atoms with van der Waals surface area (Å²) in [6.07, 6.45) is 5.71. The molecule has 35 heavy (non-hydrogen) atoms. The van der Waals surface area contributed by atoms with Crippen molar-refractivity contribution in [3.63, 3.8) is 0 Å². The second-order valence-corrected chi connectivity index (χ2v) is 8.84. The Morgan fingerprint density at radius 3 is 2.09 bits per heavy atom. The monoisotopic (exact) mass is 487 g/mol. The second-order valence-electron chi connectivity index (χ2n) is 8.32. The number of rotatable bonds is 8. The molecule has 0 saturated carbocycles. The first-order chi connectivity index (χ1) is 17.1. The SMILES string of the molecule is O=C(CCCC[n+]1ccc(-c2ccc(-c3ccccc3)c3nsnc23)cc1)ON1C(=O)CCC1=O. The van der Waals surface area contributed by atoms with E-state index < -0.39 is 17.8 Å². The van der Waals surface area contributed by atoms with Crippen molar-refractivity contribution in [2.24, 2.45) is 0 Å². The highest BCUT2D eigenvalue weighted by atomic mass is 32.1. The fraction of sp³-hybridized carbons (Fsp3) is 0.231. The minimum absolute atomic E-state index is 0.0976. The number of pyridine rings is 1. The van der Waals surface area contributed by atoms with Crippen LogP contribution in [0.1, 0.15) is 32.1 Å². The summed E-state index contributed by atoms with van der Waals surface area (Å²) < 4.78 is 11.2. The van der Waals surface area contributed by atoms with Crippen LogP contribution in [0.15, 0.2) is 67.0 Å². The van der Waals surface area contributed by atoms with E-state index in [-0.39, 0.29) is 19.3 Å². The molecule has 5 rings (SSSR count). The molecule has 2 aromatic carbocycles. The molecule has 8 nitrogen and oxygen atoms in total. The molecule has 9 heteroatoms. The van der Waals surface area contributed by atoms with E-state index in [2.05, 4.69) is 49.7 Å². The lowest BCUT2D eigenvalue weighted by Crippen LogP contribution is -2.33. The third-order valence-corrected chi connectivity index (χ3v) is 6.48. The number of unbranched alkanes of at least 4 members (excludes halogenated alkanes) is 1. The van der Waals surface area contributed by atoms with Gasteiger partial charge in [0.25, 0.3) is 11.8 Å². The summed E-state index contributed by atoms with van der Waals surface area (Å²) in [4.78, 5) is 39.9. The summed E-state index contributed by atoms with van der Waals surface area (Å²) >= 11 is 1.22. The van der Waals surface area contributed by atoms with Gasteiger partial charge in [-0.2, -0.15) is 8.75 Å². The van der Waals surface area contributed by atoms with Gasteiger partial charge in [-0.3, -0.25) is 9.59 Å². The van der Waals surface area contributed by atoms with Crippen LogP contribution < -0.4 is 4.57 Å². The molecule has 0 aliphatic carbocycles. The molecule has 1 aliphatic heterocycles. The van der Waals surface area contributed by atoms with Crippen molar-refractivity contribution in [2.45, 2.75) is 38.6 Å². The average Bonchev–Trinajstić information content (AvgIpc) is 3.50. The summed E-state index contributed by atoms with van der Waals surface area (Å²) in [6, 6.07) is 18.5. The van der Waals surface area contributed by atoms with Gasteiger partial charge in [0.15, 0.2) is 12.4 Å². The van der Waals surface area contributed by atoms with E-state index in [4.69, 9.17) is 4.84 Å². The number of hydrogen-bond acceptors (Lipinski definition) is 7. The van der Waals surface area contributed by atoms with E-state index in [0.29, 0.717) is 11.5 Å². The van der Waals surface area contributed by atoms with Crippen LogP contribution in [0.5, 0.6) is 0 Å². The summed E-state index contributed by atoms with van der Waals surface area (Å²) in [5.74, 6) is -1.48. The maximum Gasteiger partial charge on any atom is 0.333 e. The van der Waals surface area contributed by atoms with Crippen molar-refractivity contribution >= 4 is 40.5 Å². The third-order valence-electron chi connectivity index (χ3n) is 5.95. The molecule has 0 radical (unpaired) electrons. The van der Waals surface area contributed by atoms with Crippen LogP contribution >= 0.6 is 11.7 Å². The minimum Gasteiger partial charge on any atom is -0.330 e. The van der Waals surface area contributed by atoms with Crippen LogP contribution in [-0.2, 0) is 25.8 Å². The number of hydrogen-bond donors (Lipinski definition) is 0. The largest absolute Gasteiger partial charge is 0.333 e. The highest BCUT2D eigenvalue weighted by Crippen LogP contribution is 2.34. The lowest BCUT2D eigenvalue weighted by Gasteiger charge is -2.12. The molecule has 0 spiro atoms. The summed E-state index contributed by atoms with van der Waals surface area (Å²) in [6.45, 7) is 0.732. The number of aryl methyl sites for hydroxylation is 1. The maximum absolute atomic E-state index is 11.9. The van der Waals surface area contributed by atoms with Gasteiger partial charge in [-0.1, -0.05) is 42.5 Å². The molecule has 0 bridgehead atoms. The lowest BCUT2D eigenvalue weighted by molar-refractivity contribution is -0.697. The van der Waals surface area contributed by atoms with Crippen LogP contribution in [0.3, 0.4) is 0 Å². The Morgan fingerprint density at radius 2 is 1.46 bits per heavy atom. The normalized spacial score (nSPS) is 13.5. The fourth-order valence-electron chi connectivity index (χ4n) is 4.11. The first-order valence-corrected chi connectivity index (χ1v) is 12.2. The van der Waals surface area contributed by atoms with E-state index in [1.165, 1.54) is 11.7 Å². The molecule has 0 atom stereocenters. The highest BCUT2D eigenvalue weighted by Gasteiger charge is 2.32. The zero-order chi connectivity index (χ0) is 24.2. The molecule has 4 aromatic rings. The molecular weight excluding hydrogens is 464 g/mol. The Hall–Kier alpha value is -3.98. The van der Waals surface area contributed by atoms with Crippen molar-refractivity contribution in [3.05, 3.63) is 67.0 Å². The van der Waals surface area contributed by atoms with Crippen molar-refractivity contribution in [3.8, 4) is 22.3 Å². The molecule has 2 aromatic heterocycles. The number of carbonyl (C=O) groups excluding carboxylic acids is 3. The van der Waals surface area contributed by atoms with E-state index >= 15 is 0 Å². The Morgan fingerprint density at radius 1 is 0.857 bits per heavy atom. The summed E-state index contributed by atoms with van der Waals surface area (Å²) in [5.41, 5.74) is 6.07. The van der Waals surface area contributed by atoms with Gasteiger partial charge < -0.3 is 4.84 Å². The topological polar surface area (TPSA) is 93.3 Å². The Labute approximate surface area is 206 Å². The van der Waals surface area contributed by atoms with Crippen LogP contribution in [0.2, 0.25) is 0 Å². The fourth-order valence-corrected chi connectivity index (χ4v) is 4.68. The second kappa shape index (κ2) is 10.1. The number of nitrogens with zero attached hydrogens (tertiary/aromatic N) is 4. The average molecular weight is 488 g/mol. The number of imide groups is 1. The molecule has 1 fully saturated rings. The number of carbonyl (C=O) groups is 3. The molecule has 0 unspecified atom stereocenters. The Balaban J connectivity index is 1.19. The molecule has 3 heterocycles. The molecular formula is C26H23N4O4S+. The van der Waals surface area contributed by atoms with Crippen molar-refractivity contribution < 1.29 is 23.8 Å². The van der Waals surface area contributed by atoms with Gasteiger partial charge in [-0.15, -0.1) is 5.06 Å². The highest BCUT2D eigenvalue weighted by molar-refractivity contribution is 7.00. The summed E-state index contributed by atoms with van der Waals surface area (Å²) in [5, 5.41) is 0.594. The predicted molar refractivity (Wildman–Crippen MR) is 130 cm³/mol. The first-order valence-electron chi connectivity index (χ1n) is 11.5. The van der Waals surface area contributed by atoms with Gasteiger partial charge in [-0.05, 0) is 17.5 Å². The van der Waals surface area contributed by atoms with Gasteiger partial charge in [0.1, 0.15) is 17.6 Å². The summed E-state index contributed by atoms with van der Waals surface area (Å²) in [7, 11) is 0. The number of benzene rings is 2. The number of hydroxylamine groups is 2. The number of fused-ring (bicyclic) bond motifs is 1. The van der Waals surface area contributed by atoms with E-state index in [9.17, 15) is 14.4 Å². The predicted octanol–water partition coefficient (Wildman–Crippen LogP) is 4.09. The number of aromatic nitrogens is 3. The minimum atomic E-state index is -0.561. The van der Waals surface area contributed by atoms with E-state index in [1.54, 1.807) is 0 Å². The lowest BCUT2D eigenvalue weighted by atomic mass is 9.98. The molecule has 1 aliphatic rings. The number of amides is 2. The van der Waals surface area contributed by atoms with Crippen LogP contribution in [-0.4, -0.2) is 31.6 Å². The van der Waals surface area contributed by atoms with Gasteiger partial charge in [-0.25, -0.2) is 9.36 Å². The van der Waals surface area contributed by atoms with Crippen LogP contribution in [0.4, 0.5) is 0 Å². The van der Waals surface area contributed by atoms with Gasteiger partial charge in [0.2, 0.25) is 0 Å². The van der Waals surface area contributed by atoms with Gasteiger partial charge >= 0.3 is 5.97 Å². The molecule has 0 N–H and O–H groups in total. The Bertz CT molecular complexity index is 1370.